The molecule has 152 valence electrons. The molecule has 0 unspecified atom stereocenters. The molecule has 0 saturated heterocycles. The number of amides is 2. The van der Waals surface area contributed by atoms with Gasteiger partial charge < -0.3 is 4.57 Å². The second-order valence-corrected chi connectivity index (χ2v) is 7.17. The molecular weight excluding hydrogens is 390 g/mol. The van der Waals surface area contributed by atoms with Crippen LogP contribution in [0.25, 0.3) is 17.0 Å². The van der Waals surface area contributed by atoms with Crippen LogP contribution in [0.15, 0.2) is 36.5 Å². The fourth-order valence-electron chi connectivity index (χ4n) is 3.12. The molecule has 0 saturated carbocycles. The maximum atomic E-state index is 12.5. The number of unbranched alkanes of at least 4 members (excludes halogenated alkanes) is 1. The number of rotatable bonds is 6. The van der Waals surface area contributed by atoms with Crippen molar-refractivity contribution >= 4 is 40.4 Å². The maximum Gasteiger partial charge on any atom is 0.271 e. The van der Waals surface area contributed by atoms with Crippen LogP contribution in [0.3, 0.4) is 0 Å². The normalized spacial score (nSPS) is 11.3. The molecule has 3 rings (SSSR count). The summed E-state index contributed by atoms with van der Waals surface area (Å²) in [6, 6.07) is 7.58. The van der Waals surface area contributed by atoms with Crippen molar-refractivity contribution in [3.63, 3.8) is 0 Å². The third-order valence-corrected chi connectivity index (χ3v) is 5.07. The van der Waals surface area contributed by atoms with Gasteiger partial charge >= 0.3 is 0 Å². The van der Waals surface area contributed by atoms with Crippen molar-refractivity contribution in [1.29, 1.82) is 0 Å². The molecule has 0 aliphatic rings. The van der Waals surface area contributed by atoms with E-state index in [4.69, 9.17) is 11.6 Å². The fraction of sp³-hybridized carbons (Fsp3) is 0.286. The minimum Gasteiger partial charge on any atom is -0.350 e. The van der Waals surface area contributed by atoms with Gasteiger partial charge in [-0.05, 0) is 25.5 Å². The van der Waals surface area contributed by atoms with E-state index in [1.54, 1.807) is 17.0 Å². The molecule has 7 nitrogen and oxygen atoms in total. The lowest BCUT2D eigenvalue weighted by atomic mass is 10.2. The molecule has 0 aliphatic heterocycles. The summed E-state index contributed by atoms with van der Waals surface area (Å²) in [7, 11) is 1.87. The third kappa shape index (κ3) is 4.51. The molecule has 0 atom stereocenters. The molecule has 0 fully saturated rings. The average Bonchev–Trinajstić information content (AvgIpc) is 3.19. The molecular formula is C21H24ClN5O2. The molecule has 3 aromatic rings. The van der Waals surface area contributed by atoms with Gasteiger partial charge in [-0.3, -0.25) is 25.1 Å². The Morgan fingerprint density at radius 2 is 2.00 bits per heavy atom. The number of hydrogen-bond donors (Lipinski definition) is 2. The Labute approximate surface area is 174 Å². The summed E-state index contributed by atoms with van der Waals surface area (Å²) in [6.07, 6.45) is 6.68. The van der Waals surface area contributed by atoms with Crippen LogP contribution in [0.1, 0.15) is 41.4 Å². The number of carbonyl (C=O) groups is 2. The Morgan fingerprint density at radius 3 is 2.76 bits per heavy atom. The third-order valence-electron chi connectivity index (χ3n) is 4.68. The van der Waals surface area contributed by atoms with Crippen molar-refractivity contribution in [2.24, 2.45) is 7.05 Å². The number of halogens is 1. The lowest BCUT2D eigenvalue weighted by Gasteiger charge is -2.04. The van der Waals surface area contributed by atoms with Gasteiger partial charge in [0.2, 0.25) is 0 Å². The number of nitrogens with one attached hydrogen (secondary N) is 2. The first kappa shape index (κ1) is 20.7. The van der Waals surface area contributed by atoms with Gasteiger partial charge in [0, 0.05) is 42.3 Å². The molecule has 0 radical (unpaired) electrons. The van der Waals surface area contributed by atoms with Crippen molar-refractivity contribution in [2.45, 2.75) is 33.2 Å². The number of aryl methyl sites for hydroxylation is 3. The van der Waals surface area contributed by atoms with Gasteiger partial charge in [0.25, 0.3) is 11.8 Å². The highest BCUT2D eigenvalue weighted by atomic mass is 35.5. The van der Waals surface area contributed by atoms with Crippen molar-refractivity contribution < 1.29 is 9.59 Å². The smallest absolute Gasteiger partial charge is 0.271 e. The van der Waals surface area contributed by atoms with Gasteiger partial charge in [-0.1, -0.05) is 43.1 Å². The van der Waals surface area contributed by atoms with Crippen LogP contribution < -0.4 is 10.9 Å². The number of hydrogen-bond acceptors (Lipinski definition) is 3. The van der Waals surface area contributed by atoms with Gasteiger partial charge in [0.15, 0.2) is 0 Å². The predicted molar refractivity (Wildman–Crippen MR) is 114 cm³/mol. The van der Waals surface area contributed by atoms with Gasteiger partial charge in [-0.25, -0.2) is 0 Å². The molecule has 2 N–H and O–H groups in total. The monoisotopic (exact) mass is 413 g/mol. The first-order valence-corrected chi connectivity index (χ1v) is 9.85. The number of fused-ring (bicyclic) bond motifs is 1. The standard InChI is InChI=1S/C21H24ClN5O2/c1-4-5-12-27-20(22)15(14(2)25-27)10-11-19(28)23-24-21(29)17-13-26(3)18-9-7-6-8-16(17)18/h6-11,13H,4-5,12H2,1-3H3,(H,23,28)(H,24,29)/b11-10+. The highest BCUT2D eigenvalue weighted by molar-refractivity contribution is 6.31. The number of aromatic nitrogens is 3. The highest BCUT2D eigenvalue weighted by Gasteiger charge is 2.14. The quantitative estimate of drug-likeness (QED) is 0.478. The van der Waals surface area contributed by atoms with Gasteiger partial charge in [-0.15, -0.1) is 0 Å². The predicted octanol–water partition coefficient (Wildman–Crippen LogP) is 3.61. The number of para-hydroxylation sites is 1. The number of carbonyl (C=O) groups excluding carboxylic acids is 2. The topological polar surface area (TPSA) is 81.0 Å². The summed E-state index contributed by atoms with van der Waals surface area (Å²) in [5.41, 5.74) is 7.71. The van der Waals surface area contributed by atoms with Crippen molar-refractivity contribution in [3.05, 3.63) is 58.5 Å². The maximum absolute atomic E-state index is 12.5. The lowest BCUT2D eigenvalue weighted by Crippen LogP contribution is -2.40. The van der Waals surface area contributed by atoms with E-state index in [2.05, 4.69) is 22.9 Å². The summed E-state index contributed by atoms with van der Waals surface area (Å²) in [4.78, 5) is 24.6. The van der Waals surface area contributed by atoms with Gasteiger partial charge in [0.1, 0.15) is 5.15 Å². The van der Waals surface area contributed by atoms with E-state index in [1.165, 1.54) is 6.08 Å². The van der Waals surface area contributed by atoms with Crippen LogP contribution in [0.5, 0.6) is 0 Å². The minimum atomic E-state index is -0.463. The average molecular weight is 414 g/mol. The molecule has 1 aromatic carbocycles. The summed E-state index contributed by atoms with van der Waals surface area (Å²) in [6.45, 7) is 4.67. The fourth-order valence-corrected chi connectivity index (χ4v) is 3.44. The first-order chi connectivity index (χ1) is 13.9. The molecule has 0 bridgehead atoms. The van der Waals surface area contributed by atoms with Gasteiger partial charge in [0.05, 0.1) is 11.3 Å². The van der Waals surface area contributed by atoms with Crippen LogP contribution in [-0.4, -0.2) is 26.2 Å². The largest absolute Gasteiger partial charge is 0.350 e. The lowest BCUT2D eigenvalue weighted by molar-refractivity contribution is -0.117. The van der Waals surface area contributed by atoms with E-state index >= 15 is 0 Å². The van der Waals surface area contributed by atoms with Crippen LogP contribution in [0.4, 0.5) is 0 Å². The Kier molecular flexibility index (Phi) is 6.39. The van der Waals surface area contributed by atoms with Gasteiger partial charge in [-0.2, -0.15) is 5.10 Å². The molecule has 0 spiro atoms. The Balaban J connectivity index is 1.64. The molecule has 8 heteroatoms. The second-order valence-electron chi connectivity index (χ2n) is 6.81. The SMILES string of the molecule is CCCCn1nc(C)c(/C=C/C(=O)NNC(=O)c2cn(C)c3ccccc23)c1Cl. The van der Waals surface area contributed by atoms with E-state index in [0.717, 1.165) is 36.0 Å². The summed E-state index contributed by atoms with van der Waals surface area (Å²) in [5, 5.41) is 5.72. The minimum absolute atomic E-state index is 0.384. The van der Waals surface area contributed by atoms with E-state index in [9.17, 15) is 9.59 Å². The Morgan fingerprint density at radius 1 is 1.24 bits per heavy atom. The number of nitrogens with zero attached hydrogens (tertiary/aromatic N) is 3. The zero-order valence-electron chi connectivity index (χ0n) is 16.7. The zero-order chi connectivity index (χ0) is 21.0. The molecule has 2 aromatic heterocycles. The first-order valence-electron chi connectivity index (χ1n) is 9.47. The molecule has 29 heavy (non-hydrogen) atoms. The summed E-state index contributed by atoms with van der Waals surface area (Å²) in [5.74, 6) is -0.847. The summed E-state index contributed by atoms with van der Waals surface area (Å²) < 4.78 is 3.60. The Hall–Kier alpha value is -3.06. The summed E-state index contributed by atoms with van der Waals surface area (Å²) >= 11 is 6.36. The van der Waals surface area contributed by atoms with Crippen LogP contribution in [0, 0.1) is 6.92 Å². The van der Waals surface area contributed by atoms with E-state index < -0.39 is 5.91 Å². The van der Waals surface area contributed by atoms with Crippen LogP contribution in [-0.2, 0) is 18.4 Å². The van der Waals surface area contributed by atoms with E-state index in [1.807, 2.05) is 42.8 Å². The number of hydrazine groups is 1. The highest BCUT2D eigenvalue weighted by Crippen LogP contribution is 2.22. The Bertz CT molecular complexity index is 1080. The second kappa shape index (κ2) is 8.96. The van der Waals surface area contributed by atoms with Crippen molar-refractivity contribution in [2.75, 3.05) is 0 Å². The molecule has 2 amide bonds. The van der Waals surface area contributed by atoms with E-state index in [-0.39, 0.29) is 5.91 Å². The zero-order valence-corrected chi connectivity index (χ0v) is 17.5. The van der Waals surface area contributed by atoms with Crippen LogP contribution >= 0.6 is 11.6 Å². The van der Waals surface area contributed by atoms with E-state index in [0.29, 0.717) is 16.3 Å². The number of benzene rings is 1. The van der Waals surface area contributed by atoms with Crippen LogP contribution in [0.2, 0.25) is 5.15 Å². The van der Waals surface area contributed by atoms with Crippen molar-refractivity contribution in [3.8, 4) is 0 Å². The molecule has 0 aliphatic carbocycles. The van der Waals surface area contributed by atoms with Crippen molar-refractivity contribution in [1.82, 2.24) is 25.2 Å². The molecule has 2 heterocycles.